The number of carbonyl (C=O) groups is 1. The van der Waals surface area contributed by atoms with E-state index in [-0.39, 0.29) is 23.9 Å². The van der Waals surface area contributed by atoms with Crippen LogP contribution in [0, 0.1) is 5.92 Å². The first kappa shape index (κ1) is 19.5. The first-order valence-electron chi connectivity index (χ1n) is 9.86. The predicted molar refractivity (Wildman–Crippen MR) is 104 cm³/mol. The van der Waals surface area contributed by atoms with Gasteiger partial charge in [-0.05, 0) is 43.0 Å². The highest BCUT2D eigenvalue weighted by Crippen LogP contribution is 2.40. The Kier molecular flexibility index (Phi) is 4.64. The van der Waals surface area contributed by atoms with Gasteiger partial charge in [0.05, 0.1) is 23.4 Å². The van der Waals surface area contributed by atoms with E-state index >= 15 is 0 Å². The maximum absolute atomic E-state index is 13.4. The molecule has 160 valence electrons. The Morgan fingerprint density at radius 1 is 1.13 bits per heavy atom. The minimum absolute atomic E-state index is 0.0841. The molecule has 0 aromatic carbocycles. The standard InChI is InChI=1S/C21H18F3N5O2/c22-21(23,24)13-3-4-17(27-10-13)28-15-8-12-9-16(15)29(11-12)20(30)14-2-1-5-25-18(14)19-26-6-7-31-19/h1-7,10,12,15-16H,8-9,11H2,(H,27,28)/t12-,15-,16+/m1/s1. The molecule has 3 aromatic heterocycles. The van der Waals surface area contributed by atoms with Crippen molar-refractivity contribution in [1.82, 2.24) is 19.9 Å². The van der Waals surface area contributed by atoms with Crippen LogP contribution in [0.5, 0.6) is 0 Å². The van der Waals surface area contributed by atoms with Gasteiger partial charge in [0, 0.05) is 25.0 Å². The molecule has 1 aliphatic carbocycles. The van der Waals surface area contributed by atoms with Gasteiger partial charge in [-0.25, -0.2) is 9.97 Å². The van der Waals surface area contributed by atoms with E-state index < -0.39 is 11.7 Å². The van der Waals surface area contributed by atoms with E-state index in [9.17, 15) is 18.0 Å². The molecule has 31 heavy (non-hydrogen) atoms. The van der Waals surface area contributed by atoms with Crippen LogP contribution >= 0.6 is 0 Å². The van der Waals surface area contributed by atoms with Crippen LogP contribution in [0.1, 0.15) is 28.8 Å². The third-order valence-corrected chi connectivity index (χ3v) is 5.84. The monoisotopic (exact) mass is 429 g/mol. The number of likely N-dealkylation sites (tertiary alicyclic amines) is 1. The molecule has 1 N–H and O–H groups in total. The molecular weight excluding hydrogens is 411 g/mol. The summed E-state index contributed by atoms with van der Waals surface area (Å²) in [7, 11) is 0. The number of oxazole rings is 1. The maximum Gasteiger partial charge on any atom is 0.417 e. The van der Waals surface area contributed by atoms with Gasteiger partial charge in [-0.2, -0.15) is 13.2 Å². The van der Waals surface area contributed by atoms with Gasteiger partial charge in [0.15, 0.2) is 0 Å². The number of hydrogen-bond donors (Lipinski definition) is 1. The highest BCUT2D eigenvalue weighted by Gasteiger charge is 2.47. The largest absolute Gasteiger partial charge is 0.443 e. The van der Waals surface area contributed by atoms with E-state index in [0.717, 1.165) is 25.1 Å². The summed E-state index contributed by atoms with van der Waals surface area (Å²) in [6.07, 6.45) is 2.55. The first-order valence-corrected chi connectivity index (χ1v) is 9.86. The van der Waals surface area contributed by atoms with Crippen LogP contribution in [-0.4, -0.2) is 44.4 Å². The number of alkyl halides is 3. The lowest BCUT2D eigenvalue weighted by molar-refractivity contribution is -0.137. The van der Waals surface area contributed by atoms with Crippen LogP contribution < -0.4 is 5.32 Å². The Morgan fingerprint density at radius 2 is 2.00 bits per heavy atom. The number of anilines is 1. The Labute approximate surface area is 175 Å². The van der Waals surface area contributed by atoms with Gasteiger partial charge in [0.2, 0.25) is 5.89 Å². The van der Waals surface area contributed by atoms with E-state index in [1.807, 2.05) is 0 Å². The molecule has 2 aliphatic rings. The number of amides is 1. The van der Waals surface area contributed by atoms with E-state index in [4.69, 9.17) is 4.42 Å². The van der Waals surface area contributed by atoms with Crippen molar-refractivity contribution in [3.63, 3.8) is 0 Å². The molecular formula is C21H18F3N5O2. The highest BCUT2D eigenvalue weighted by atomic mass is 19.4. The van der Waals surface area contributed by atoms with Gasteiger partial charge >= 0.3 is 6.18 Å². The van der Waals surface area contributed by atoms with Crippen LogP contribution in [0.3, 0.4) is 0 Å². The predicted octanol–water partition coefficient (Wildman–Crippen LogP) is 3.87. The topological polar surface area (TPSA) is 84.2 Å². The minimum atomic E-state index is -4.43. The van der Waals surface area contributed by atoms with Crippen molar-refractivity contribution in [3.05, 3.63) is 60.2 Å². The average molecular weight is 429 g/mol. The lowest BCUT2D eigenvalue weighted by atomic mass is 10.0. The molecule has 2 fully saturated rings. The molecule has 1 amide bonds. The number of nitrogens with zero attached hydrogens (tertiary/aromatic N) is 4. The van der Waals surface area contributed by atoms with Crippen LogP contribution in [0.25, 0.3) is 11.6 Å². The van der Waals surface area contributed by atoms with E-state index in [2.05, 4.69) is 20.3 Å². The van der Waals surface area contributed by atoms with Crippen molar-refractivity contribution in [1.29, 1.82) is 0 Å². The molecule has 7 nitrogen and oxygen atoms in total. The van der Waals surface area contributed by atoms with Crippen molar-refractivity contribution in [2.24, 2.45) is 5.92 Å². The number of piperidine rings is 1. The number of nitrogens with one attached hydrogen (secondary N) is 1. The normalized spacial score (nSPS) is 22.7. The van der Waals surface area contributed by atoms with Gasteiger partial charge in [0.25, 0.3) is 5.91 Å². The summed E-state index contributed by atoms with van der Waals surface area (Å²) < 4.78 is 43.6. The highest BCUT2D eigenvalue weighted by molar-refractivity contribution is 5.99. The van der Waals surface area contributed by atoms with E-state index in [1.165, 1.54) is 18.5 Å². The molecule has 3 atom stereocenters. The van der Waals surface area contributed by atoms with Crippen LogP contribution in [0.15, 0.2) is 53.5 Å². The SMILES string of the molecule is O=C(c1cccnc1-c1ncco1)N1C[C@@H]2C[C@@H](Nc3ccc(C(F)(F)F)cn3)[C@@H]1C2. The fourth-order valence-electron chi connectivity index (χ4n) is 4.49. The van der Waals surface area contributed by atoms with Crippen molar-refractivity contribution in [2.75, 3.05) is 11.9 Å². The Bertz CT molecular complexity index is 1090. The summed E-state index contributed by atoms with van der Waals surface area (Å²) in [6.45, 7) is 0.627. The molecule has 3 aromatic rings. The molecule has 0 unspecified atom stereocenters. The summed E-state index contributed by atoms with van der Waals surface area (Å²) >= 11 is 0. The van der Waals surface area contributed by atoms with Crippen LogP contribution in [-0.2, 0) is 6.18 Å². The van der Waals surface area contributed by atoms with E-state index in [1.54, 1.807) is 23.2 Å². The summed E-state index contributed by atoms with van der Waals surface area (Å²) in [5.74, 6) is 0.792. The molecule has 4 heterocycles. The number of hydrogen-bond acceptors (Lipinski definition) is 6. The van der Waals surface area contributed by atoms with Gasteiger partial charge in [-0.15, -0.1) is 0 Å². The number of pyridine rings is 2. The number of rotatable bonds is 4. The summed E-state index contributed by atoms with van der Waals surface area (Å²) in [5, 5.41) is 3.21. The molecule has 0 radical (unpaired) electrons. The third kappa shape index (κ3) is 3.62. The lowest BCUT2D eigenvalue weighted by Crippen LogP contribution is -2.47. The second kappa shape index (κ2) is 7.36. The molecule has 2 bridgehead atoms. The number of carbonyl (C=O) groups excluding carboxylic acids is 1. The Morgan fingerprint density at radius 3 is 2.68 bits per heavy atom. The quantitative estimate of drug-likeness (QED) is 0.678. The van der Waals surface area contributed by atoms with Gasteiger partial charge < -0.3 is 14.6 Å². The maximum atomic E-state index is 13.4. The molecule has 5 rings (SSSR count). The van der Waals surface area contributed by atoms with Crippen molar-refractivity contribution in [2.45, 2.75) is 31.1 Å². The van der Waals surface area contributed by atoms with Gasteiger partial charge in [-0.3, -0.25) is 9.78 Å². The fourth-order valence-corrected chi connectivity index (χ4v) is 4.49. The molecule has 1 saturated carbocycles. The summed E-state index contributed by atoms with van der Waals surface area (Å²) in [6, 6.07) is 5.54. The van der Waals surface area contributed by atoms with Crippen LogP contribution in [0.2, 0.25) is 0 Å². The van der Waals surface area contributed by atoms with E-state index in [0.29, 0.717) is 29.5 Å². The second-order valence-electron chi connectivity index (χ2n) is 7.78. The average Bonchev–Trinajstić information content (AvgIpc) is 3.50. The number of fused-ring (bicyclic) bond motifs is 2. The molecule has 1 saturated heterocycles. The van der Waals surface area contributed by atoms with Gasteiger partial charge in [-0.1, -0.05) is 0 Å². The van der Waals surface area contributed by atoms with Crippen molar-refractivity contribution < 1.29 is 22.4 Å². The zero-order chi connectivity index (χ0) is 21.6. The number of aromatic nitrogens is 3. The molecule has 10 heteroatoms. The lowest BCUT2D eigenvalue weighted by Gasteiger charge is -2.34. The minimum Gasteiger partial charge on any atom is -0.443 e. The van der Waals surface area contributed by atoms with Crippen molar-refractivity contribution in [3.8, 4) is 11.6 Å². The zero-order valence-corrected chi connectivity index (χ0v) is 16.2. The van der Waals surface area contributed by atoms with Crippen LogP contribution in [0.4, 0.5) is 19.0 Å². The summed E-state index contributed by atoms with van der Waals surface area (Å²) in [5.41, 5.74) is -0.00321. The second-order valence-corrected chi connectivity index (χ2v) is 7.78. The fraction of sp³-hybridized carbons (Fsp3) is 0.333. The molecule has 0 spiro atoms. The first-order chi connectivity index (χ1) is 14.9. The number of halogens is 3. The summed E-state index contributed by atoms with van der Waals surface area (Å²) in [4.78, 5) is 27.4. The third-order valence-electron chi connectivity index (χ3n) is 5.84. The molecule has 1 aliphatic heterocycles. The van der Waals surface area contributed by atoms with Gasteiger partial charge in [0.1, 0.15) is 17.8 Å². The Hall–Kier alpha value is -3.43. The Balaban J connectivity index is 1.35. The van der Waals surface area contributed by atoms with Crippen molar-refractivity contribution >= 4 is 11.7 Å². The smallest absolute Gasteiger partial charge is 0.417 e. The zero-order valence-electron chi connectivity index (χ0n) is 16.2.